The Morgan fingerprint density at radius 2 is 0.756 bits per heavy atom. The van der Waals surface area contributed by atoms with Crippen molar-refractivity contribution in [1.82, 2.24) is 0 Å². The Hall–Kier alpha value is -5.42. The van der Waals surface area contributed by atoms with Gasteiger partial charge in [0.15, 0.2) is 11.5 Å². The highest BCUT2D eigenvalue weighted by atomic mass is 16.3. The molecule has 0 aromatic heterocycles. The Morgan fingerprint density at radius 1 is 0.341 bits per heavy atom. The number of hydrogen-bond donors (Lipinski definition) is 4. The summed E-state index contributed by atoms with van der Waals surface area (Å²) >= 11 is 0. The van der Waals surface area contributed by atoms with E-state index in [4.69, 9.17) is 7.85 Å². The van der Waals surface area contributed by atoms with Gasteiger partial charge in [-0.2, -0.15) is 0 Å². The van der Waals surface area contributed by atoms with Crippen molar-refractivity contribution in [2.45, 2.75) is 0 Å². The summed E-state index contributed by atoms with van der Waals surface area (Å²) in [6.07, 6.45) is 0. The van der Waals surface area contributed by atoms with Crippen LogP contribution in [0.25, 0.3) is 65.7 Å². The highest BCUT2D eigenvalue weighted by Gasteiger charge is 2.26. The molecule has 0 amide bonds. The summed E-state index contributed by atoms with van der Waals surface area (Å²) in [5.74, 6) is -2.97. The second-order valence-electron chi connectivity index (χ2n) is 10.1. The summed E-state index contributed by atoms with van der Waals surface area (Å²) in [7, 11) is 6.28. The maximum absolute atomic E-state index is 11.0. The van der Waals surface area contributed by atoms with Crippen LogP contribution in [0.15, 0.2) is 115 Å². The van der Waals surface area contributed by atoms with Gasteiger partial charge >= 0.3 is 0 Å². The molecule has 0 fully saturated rings. The maximum Gasteiger partial charge on any atom is 0.204 e. The minimum atomic E-state index is -0.862. The molecule has 7 aromatic rings. The monoisotopic (exact) mass is 530 g/mol. The molecule has 7 rings (SSSR count). The molecule has 194 valence electrons. The number of benzene rings is 7. The van der Waals surface area contributed by atoms with Gasteiger partial charge in [-0.1, -0.05) is 115 Å². The minimum absolute atomic E-state index is 0.0565. The van der Waals surface area contributed by atoms with E-state index < -0.39 is 23.0 Å². The lowest BCUT2D eigenvalue weighted by atomic mass is 9.79. The first-order valence-corrected chi connectivity index (χ1v) is 13.2. The zero-order chi connectivity index (χ0) is 28.2. The van der Waals surface area contributed by atoms with Gasteiger partial charge in [0.25, 0.3) is 0 Å². The number of phenolic OH excluding ortho intramolecular Hbond substituents is 4. The van der Waals surface area contributed by atoms with Crippen molar-refractivity contribution in [3.8, 4) is 56.4 Å². The van der Waals surface area contributed by atoms with Gasteiger partial charge in [-0.05, 0) is 60.0 Å². The topological polar surface area (TPSA) is 80.9 Å². The van der Waals surface area contributed by atoms with E-state index in [2.05, 4.69) is 36.4 Å². The second-order valence-corrected chi connectivity index (χ2v) is 10.1. The van der Waals surface area contributed by atoms with Gasteiger partial charge in [0, 0.05) is 11.1 Å². The molecule has 0 aliphatic rings. The van der Waals surface area contributed by atoms with Crippen molar-refractivity contribution in [3.05, 3.63) is 115 Å². The molecule has 2 radical (unpaired) electrons. The third-order valence-electron chi connectivity index (χ3n) is 7.89. The maximum atomic E-state index is 11.0. The van der Waals surface area contributed by atoms with Crippen molar-refractivity contribution >= 4 is 45.6 Å². The predicted molar refractivity (Wildman–Crippen MR) is 167 cm³/mol. The van der Waals surface area contributed by atoms with Gasteiger partial charge in [0.2, 0.25) is 11.5 Å². The molecule has 41 heavy (non-hydrogen) atoms. The first kappa shape index (κ1) is 24.6. The number of hydrogen-bond acceptors (Lipinski definition) is 4. The average molecular weight is 530 g/mol. The summed E-state index contributed by atoms with van der Waals surface area (Å²) in [5.41, 5.74) is 4.72. The van der Waals surface area contributed by atoms with E-state index in [0.717, 1.165) is 54.6 Å². The van der Waals surface area contributed by atoms with Gasteiger partial charge < -0.3 is 20.4 Å². The third kappa shape index (κ3) is 3.63. The van der Waals surface area contributed by atoms with E-state index in [0.29, 0.717) is 5.56 Å². The number of phenols is 4. The zero-order valence-corrected chi connectivity index (χ0v) is 21.8. The predicted octanol–water partition coefficient (Wildman–Crippen LogP) is 7.76. The van der Waals surface area contributed by atoms with Gasteiger partial charge in [-0.3, -0.25) is 0 Å². The lowest BCUT2D eigenvalue weighted by molar-refractivity contribution is 0.348. The van der Waals surface area contributed by atoms with E-state index >= 15 is 0 Å². The Morgan fingerprint density at radius 3 is 1.32 bits per heavy atom. The molecule has 0 bridgehead atoms. The number of aromatic hydroxyl groups is 4. The van der Waals surface area contributed by atoms with E-state index in [1.807, 2.05) is 78.9 Å². The molecular weight excluding hydrogens is 507 g/mol. The summed E-state index contributed by atoms with van der Waals surface area (Å²) < 4.78 is 0. The lowest BCUT2D eigenvalue weighted by Crippen LogP contribution is -2.09. The highest BCUT2D eigenvalue weighted by Crippen LogP contribution is 2.51. The van der Waals surface area contributed by atoms with Gasteiger partial charge in [0.05, 0.1) is 0 Å². The van der Waals surface area contributed by atoms with Gasteiger partial charge in [0.1, 0.15) is 7.85 Å². The highest BCUT2D eigenvalue weighted by molar-refractivity contribution is 6.41. The largest absolute Gasteiger partial charge is 0.505 e. The molecule has 5 heteroatoms. The standard InChI is InChI=1S/C36H23BO4/c37-32-31(33(38)35(40)36(41)34(32)39)30-26-16-8-6-14-24(26)29(25-15-7-9-17-27(25)30)28-19-18-21(20-10-2-1-3-11-20)22-12-4-5-13-23(22)28/h1-19,38-41H. The van der Waals surface area contributed by atoms with Crippen molar-refractivity contribution < 1.29 is 20.4 Å². The van der Waals surface area contributed by atoms with Gasteiger partial charge in [-0.25, -0.2) is 0 Å². The molecule has 4 nitrogen and oxygen atoms in total. The number of rotatable bonds is 3. The Labute approximate surface area is 237 Å². The third-order valence-corrected chi connectivity index (χ3v) is 7.89. The van der Waals surface area contributed by atoms with Crippen LogP contribution in [-0.4, -0.2) is 28.3 Å². The van der Waals surface area contributed by atoms with E-state index in [1.54, 1.807) is 0 Å². The van der Waals surface area contributed by atoms with Crippen LogP contribution in [0.5, 0.6) is 23.0 Å². The first-order valence-electron chi connectivity index (χ1n) is 13.2. The summed E-state index contributed by atoms with van der Waals surface area (Å²) in [6.45, 7) is 0. The summed E-state index contributed by atoms with van der Waals surface area (Å²) in [6, 6.07) is 38.6. The van der Waals surface area contributed by atoms with E-state index in [9.17, 15) is 20.4 Å². The fraction of sp³-hybridized carbons (Fsp3) is 0. The Kier molecular flexibility index (Phi) is 5.61. The molecule has 0 saturated carbocycles. The van der Waals surface area contributed by atoms with E-state index in [-0.39, 0.29) is 11.0 Å². The normalized spacial score (nSPS) is 11.4. The smallest absolute Gasteiger partial charge is 0.204 e. The van der Waals surface area contributed by atoms with E-state index in [1.165, 1.54) is 0 Å². The fourth-order valence-electron chi connectivity index (χ4n) is 6.04. The lowest BCUT2D eigenvalue weighted by Gasteiger charge is -2.22. The SMILES string of the molecule is [B]c1c(O)c(O)c(O)c(O)c1-c1c2ccccc2c(-c2ccc(-c3ccccc3)c3ccccc23)c2ccccc12. The summed E-state index contributed by atoms with van der Waals surface area (Å²) in [4.78, 5) is 0. The average Bonchev–Trinajstić information content (AvgIpc) is 3.02. The molecule has 7 aromatic carbocycles. The Balaban J connectivity index is 1.64. The van der Waals surface area contributed by atoms with Crippen LogP contribution in [0.1, 0.15) is 0 Å². The van der Waals surface area contributed by atoms with Crippen LogP contribution in [0.3, 0.4) is 0 Å². The summed E-state index contributed by atoms with van der Waals surface area (Å²) in [5, 5.41) is 47.7. The van der Waals surface area contributed by atoms with Crippen molar-refractivity contribution in [2.24, 2.45) is 0 Å². The van der Waals surface area contributed by atoms with Crippen LogP contribution in [0, 0.1) is 0 Å². The molecule has 0 heterocycles. The van der Waals surface area contributed by atoms with Gasteiger partial charge in [-0.15, -0.1) is 0 Å². The van der Waals surface area contributed by atoms with Crippen molar-refractivity contribution in [2.75, 3.05) is 0 Å². The molecule has 0 aliphatic carbocycles. The molecular formula is C36H23BO4. The molecule has 0 unspecified atom stereocenters. The van der Waals surface area contributed by atoms with Crippen molar-refractivity contribution in [1.29, 1.82) is 0 Å². The molecule has 0 atom stereocenters. The Bertz CT molecular complexity index is 2070. The van der Waals surface area contributed by atoms with Crippen LogP contribution in [0.4, 0.5) is 0 Å². The minimum Gasteiger partial charge on any atom is -0.505 e. The van der Waals surface area contributed by atoms with Crippen LogP contribution < -0.4 is 5.46 Å². The van der Waals surface area contributed by atoms with Crippen molar-refractivity contribution in [3.63, 3.8) is 0 Å². The van der Waals surface area contributed by atoms with Crippen LogP contribution >= 0.6 is 0 Å². The zero-order valence-electron chi connectivity index (χ0n) is 21.8. The van der Waals surface area contributed by atoms with Crippen LogP contribution in [-0.2, 0) is 0 Å². The quantitative estimate of drug-likeness (QED) is 0.0815. The van der Waals surface area contributed by atoms with Crippen LogP contribution in [0.2, 0.25) is 0 Å². The molecule has 0 saturated heterocycles. The second kappa shape index (κ2) is 9.35. The first-order chi connectivity index (χ1) is 20.0. The molecule has 0 aliphatic heterocycles. The fourth-order valence-corrected chi connectivity index (χ4v) is 6.04. The number of fused-ring (bicyclic) bond motifs is 3. The molecule has 0 spiro atoms. The molecule has 4 N–H and O–H groups in total.